The molecule has 3 rings (SSSR count). The summed E-state index contributed by atoms with van der Waals surface area (Å²) < 4.78 is 10.2. The molecule has 0 unspecified atom stereocenters. The fourth-order valence-electron chi connectivity index (χ4n) is 2.82. The Kier molecular flexibility index (Phi) is 3.72. The quantitative estimate of drug-likeness (QED) is 0.923. The summed E-state index contributed by atoms with van der Waals surface area (Å²) in [4.78, 5) is 12.1. The Morgan fingerprint density at radius 1 is 1.38 bits per heavy atom. The number of hydrogen-bond acceptors (Lipinski definition) is 6. The number of aryl methyl sites for hydroxylation is 2. The number of rotatable bonds is 4. The van der Waals surface area contributed by atoms with Crippen LogP contribution in [-0.2, 0) is 6.42 Å². The van der Waals surface area contributed by atoms with Crippen molar-refractivity contribution in [1.29, 1.82) is 0 Å². The van der Waals surface area contributed by atoms with E-state index in [9.17, 15) is 4.79 Å². The van der Waals surface area contributed by atoms with Gasteiger partial charge in [-0.3, -0.25) is 4.79 Å². The average Bonchev–Trinajstić information content (AvgIpc) is 3.13. The summed E-state index contributed by atoms with van der Waals surface area (Å²) >= 11 is 0. The zero-order valence-electron chi connectivity index (χ0n) is 12.1. The zero-order valence-corrected chi connectivity index (χ0v) is 12.1. The van der Waals surface area contributed by atoms with Crippen molar-refractivity contribution >= 4 is 5.91 Å². The third-order valence-corrected chi connectivity index (χ3v) is 3.87. The van der Waals surface area contributed by atoms with Crippen LogP contribution in [0.15, 0.2) is 15.2 Å². The van der Waals surface area contributed by atoms with Gasteiger partial charge >= 0.3 is 0 Å². The van der Waals surface area contributed by atoms with Crippen LogP contribution in [-0.4, -0.2) is 27.3 Å². The van der Waals surface area contributed by atoms with Gasteiger partial charge in [0, 0.05) is 24.9 Å². The molecule has 0 aromatic carbocycles. The van der Waals surface area contributed by atoms with Gasteiger partial charge in [0.15, 0.2) is 5.69 Å². The van der Waals surface area contributed by atoms with Crippen LogP contribution >= 0.6 is 0 Å². The van der Waals surface area contributed by atoms with E-state index >= 15 is 0 Å². The van der Waals surface area contributed by atoms with Crippen molar-refractivity contribution in [2.24, 2.45) is 5.92 Å². The molecule has 2 aromatic rings. The van der Waals surface area contributed by atoms with Crippen LogP contribution in [0.4, 0.5) is 0 Å². The number of nitrogens with zero attached hydrogens (tertiary/aromatic N) is 3. The lowest BCUT2D eigenvalue weighted by Crippen LogP contribution is -2.33. The Bertz CT molecular complexity index is 634. The van der Waals surface area contributed by atoms with Crippen LogP contribution in [0.5, 0.6) is 0 Å². The molecule has 0 bridgehead atoms. The van der Waals surface area contributed by atoms with E-state index in [1.807, 2.05) is 0 Å². The topological polar surface area (TPSA) is 94.1 Å². The van der Waals surface area contributed by atoms with Crippen LogP contribution in [0.2, 0.25) is 0 Å². The Hall–Kier alpha value is -2.18. The molecule has 7 heteroatoms. The van der Waals surface area contributed by atoms with Crippen LogP contribution in [0.25, 0.3) is 0 Å². The molecular formula is C14H18N4O3. The number of hydrogen-bond donors (Lipinski definition) is 1. The number of aromatic nitrogens is 3. The minimum Gasteiger partial charge on any atom is -0.426 e. The largest absolute Gasteiger partial charge is 0.426 e. The van der Waals surface area contributed by atoms with Crippen molar-refractivity contribution in [3.8, 4) is 0 Å². The van der Waals surface area contributed by atoms with Crippen molar-refractivity contribution in [1.82, 2.24) is 20.7 Å². The summed E-state index contributed by atoms with van der Waals surface area (Å²) in [6, 6.07) is 0.169. The highest BCUT2D eigenvalue weighted by Crippen LogP contribution is 2.28. The van der Waals surface area contributed by atoms with E-state index in [-0.39, 0.29) is 11.9 Å². The van der Waals surface area contributed by atoms with Crippen molar-refractivity contribution in [3.05, 3.63) is 29.3 Å². The molecule has 2 heterocycles. The van der Waals surface area contributed by atoms with Crippen LogP contribution in [0.3, 0.4) is 0 Å². The SMILES string of the molecule is Cc1nnc(C[C@@H]2CC[C@H](NC(=O)c3nocc3C)C2)o1. The minimum absolute atomic E-state index is 0.166. The first-order chi connectivity index (χ1) is 10.1. The molecular weight excluding hydrogens is 272 g/mol. The molecule has 0 radical (unpaired) electrons. The zero-order chi connectivity index (χ0) is 14.8. The smallest absolute Gasteiger partial charge is 0.273 e. The van der Waals surface area contributed by atoms with Crippen LogP contribution in [0.1, 0.15) is 47.1 Å². The Balaban J connectivity index is 1.53. The summed E-state index contributed by atoms with van der Waals surface area (Å²) in [6.07, 6.45) is 5.18. The normalized spacial score (nSPS) is 21.6. The van der Waals surface area contributed by atoms with Crippen molar-refractivity contribution in [3.63, 3.8) is 0 Å². The number of nitrogens with one attached hydrogen (secondary N) is 1. The highest BCUT2D eigenvalue weighted by atomic mass is 16.5. The predicted molar refractivity (Wildman–Crippen MR) is 72.6 cm³/mol. The monoisotopic (exact) mass is 290 g/mol. The van der Waals surface area contributed by atoms with Gasteiger partial charge in [0.25, 0.3) is 5.91 Å². The van der Waals surface area contributed by atoms with Crippen LogP contribution < -0.4 is 5.32 Å². The summed E-state index contributed by atoms with van der Waals surface area (Å²) in [6.45, 7) is 3.59. The summed E-state index contributed by atoms with van der Waals surface area (Å²) in [5.74, 6) is 1.57. The predicted octanol–water partition coefficient (Wildman–Crippen LogP) is 1.82. The number of amides is 1. The first-order valence-corrected chi connectivity index (χ1v) is 7.12. The van der Waals surface area contributed by atoms with Gasteiger partial charge in [0.2, 0.25) is 11.8 Å². The van der Waals surface area contributed by atoms with E-state index in [1.54, 1.807) is 13.8 Å². The van der Waals surface area contributed by atoms with E-state index in [1.165, 1.54) is 6.26 Å². The average molecular weight is 290 g/mol. The van der Waals surface area contributed by atoms with Crippen LogP contribution in [0, 0.1) is 19.8 Å². The summed E-state index contributed by atoms with van der Waals surface area (Å²) in [5, 5.41) is 14.6. The van der Waals surface area contributed by atoms with E-state index in [4.69, 9.17) is 8.94 Å². The molecule has 1 aliphatic rings. The lowest BCUT2D eigenvalue weighted by molar-refractivity contribution is 0.0927. The van der Waals surface area contributed by atoms with Crippen molar-refractivity contribution in [2.45, 2.75) is 45.6 Å². The molecule has 0 saturated heterocycles. The molecule has 21 heavy (non-hydrogen) atoms. The summed E-state index contributed by atoms with van der Waals surface area (Å²) in [5.41, 5.74) is 1.12. The molecule has 2 atom stereocenters. The second-order valence-corrected chi connectivity index (χ2v) is 5.61. The third kappa shape index (κ3) is 3.12. The standard InChI is InChI=1S/C14H18N4O3/c1-8-7-20-18-13(8)14(19)15-11-4-3-10(5-11)6-12-17-16-9(2)21-12/h7,10-11H,3-6H2,1-2H3,(H,15,19)/t10-,11+/m1/s1. The van der Waals surface area contributed by atoms with E-state index < -0.39 is 0 Å². The highest BCUT2D eigenvalue weighted by Gasteiger charge is 2.28. The molecule has 112 valence electrons. The maximum atomic E-state index is 12.1. The molecule has 1 fully saturated rings. The fraction of sp³-hybridized carbons (Fsp3) is 0.571. The lowest BCUT2D eigenvalue weighted by atomic mass is 10.0. The van der Waals surface area contributed by atoms with Gasteiger partial charge in [-0.1, -0.05) is 5.16 Å². The molecule has 0 aliphatic heterocycles. The van der Waals surface area contributed by atoms with Gasteiger partial charge in [-0.05, 0) is 32.1 Å². The fourth-order valence-corrected chi connectivity index (χ4v) is 2.82. The van der Waals surface area contributed by atoms with Gasteiger partial charge < -0.3 is 14.3 Å². The van der Waals surface area contributed by atoms with E-state index in [2.05, 4.69) is 20.7 Å². The van der Waals surface area contributed by atoms with Gasteiger partial charge in [0.1, 0.15) is 6.26 Å². The second-order valence-electron chi connectivity index (χ2n) is 5.61. The maximum Gasteiger partial charge on any atom is 0.273 e. The molecule has 1 N–H and O–H groups in total. The molecule has 0 spiro atoms. The second kappa shape index (κ2) is 5.67. The Morgan fingerprint density at radius 3 is 2.90 bits per heavy atom. The summed E-state index contributed by atoms with van der Waals surface area (Å²) in [7, 11) is 0. The molecule has 1 amide bonds. The Labute approximate surface area is 122 Å². The number of carbonyl (C=O) groups is 1. The minimum atomic E-state index is -0.166. The van der Waals surface area contributed by atoms with Gasteiger partial charge in [-0.25, -0.2) is 0 Å². The number of carbonyl (C=O) groups excluding carboxylic acids is 1. The maximum absolute atomic E-state index is 12.1. The van der Waals surface area contributed by atoms with E-state index in [0.29, 0.717) is 23.4 Å². The van der Waals surface area contributed by atoms with Crippen molar-refractivity contribution < 1.29 is 13.7 Å². The van der Waals surface area contributed by atoms with Gasteiger partial charge in [-0.2, -0.15) is 0 Å². The first-order valence-electron chi connectivity index (χ1n) is 7.12. The van der Waals surface area contributed by atoms with Gasteiger partial charge in [0.05, 0.1) is 0 Å². The molecule has 1 saturated carbocycles. The lowest BCUT2D eigenvalue weighted by Gasteiger charge is -2.11. The molecule has 7 nitrogen and oxygen atoms in total. The molecule has 1 aliphatic carbocycles. The van der Waals surface area contributed by atoms with Crippen molar-refractivity contribution in [2.75, 3.05) is 0 Å². The highest BCUT2D eigenvalue weighted by molar-refractivity contribution is 5.93. The Morgan fingerprint density at radius 2 is 2.24 bits per heavy atom. The van der Waals surface area contributed by atoms with Gasteiger partial charge in [-0.15, -0.1) is 10.2 Å². The van der Waals surface area contributed by atoms with E-state index in [0.717, 1.165) is 31.2 Å². The third-order valence-electron chi connectivity index (χ3n) is 3.87. The molecule has 2 aromatic heterocycles. The first kappa shape index (κ1) is 13.8.